The van der Waals surface area contributed by atoms with Gasteiger partial charge in [-0.2, -0.15) is 4.98 Å². The first-order valence-corrected chi connectivity index (χ1v) is 11.6. The summed E-state index contributed by atoms with van der Waals surface area (Å²) in [6.45, 7) is 2.52. The molecule has 4 heterocycles. The summed E-state index contributed by atoms with van der Waals surface area (Å²) < 4.78 is 35.1. The molecule has 1 saturated heterocycles. The molecule has 33 heavy (non-hydrogen) atoms. The van der Waals surface area contributed by atoms with Crippen molar-refractivity contribution in [2.45, 2.75) is 31.8 Å². The second kappa shape index (κ2) is 8.72. The van der Waals surface area contributed by atoms with E-state index >= 15 is 0 Å². The van der Waals surface area contributed by atoms with Crippen LogP contribution in [0.2, 0.25) is 0 Å². The van der Waals surface area contributed by atoms with E-state index in [1.54, 1.807) is 6.20 Å². The Morgan fingerprint density at radius 3 is 2.70 bits per heavy atom. The van der Waals surface area contributed by atoms with Gasteiger partial charge in [-0.25, -0.2) is 18.7 Å². The monoisotopic (exact) mass is 467 g/mol. The summed E-state index contributed by atoms with van der Waals surface area (Å²) in [6.07, 6.45) is 3.14. The number of aromatic nitrogens is 4. The molecule has 2 atom stereocenters. The normalized spacial score (nSPS) is 18.6. The highest BCUT2D eigenvalue weighted by Gasteiger charge is 2.29. The van der Waals surface area contributed by atoms with Gasteiger partial charge in [-0.05, 0) is 49.6 Å². The van der Waals surface area contributed by atoms with Gasteiger partial charge in [0, 0.05) is 50.1 Å². The van der Waals surface area contributed by atoms with Crippen molar-refractivity contribution in [3.05, 3.63) is 65.2 Å². The fraction of sp³-hybridized carbons (Fsp3) is 0.333. The summed E-state index contributed by atoms with van der Waals surface area (Å²) in [5.74, 6) is -0.651. The van der Waals surface area contributed by atoms with Crippen LogP contribution < -0.4 is 4.90 Å². The van der Waals surface area contributed by atoms with Gasteiger partial charge in [0.1, 0.15) is 22.2 Å². The molecule has 1 aliphatic rings. The summed E-state index contributed by atoms with van der Waals surface area (Å²) in [5.41, 5.74) is 3.22. The van der Waals surface area contributed by atoms with Crippen molar-refractivity contribution in [2.75, 3.05) is 25.6 Å². The zero-order valence-corrected chi connectivity index (χ0v) is 19.4. The minimum Gasteiger partial charge on any atom is -0.373 e. The van der Waals surface area contributed by atoms with Crippen LogP contribution in [-0.4, -0.2) is 40.6 Å². The van der Waals surface area contributed by atoms with Gasteiger partial charge in [0.15, 0.2) is 10.8 Å². The van der Waals surface area contributed by atoms with Crippen LogP contribution in [0, 0.1) is 18.6 Å². The average Bonchev–Trinajstić information content (AvgIpc) is 3.24. The summed E-state index contributed by atoms with van der Waals surface area (Å²) in [4.78, 5) is 20.4. The van der Waals surface area contributed by atoms with Crippen LogP contribution in [0.5, 0.6) is 0 Å². The van der Waals surface area contributed by atoms with Gasteiger partial charge < -0.3 is 9.64 Å². The molecule has 0 radical (unpaired) electrons. The Morgan fingerprint density at radius 1 is 1.09 bits per heavy atom. The van der Waals surface area contributed by atoms with E-state index in [1.165, 1.54) is 23.5 Å². The first-order chi connectivity index (χ1) is 15.9. The van der Waals surface area contributed by atoms with Crippen molar-refractivity contribution in [3.63, 3.8) is 0 Å². The number of benzene rings is 1. The minimum atomic E-state index is -0.655. The second-order valence-corrected chi connectivity index (χ2v) is 9.39. The summed E-state index contributed by atoms with van der Waals surface area (Å²) in [7, 11) is 3.79. The second-order valence-electron chi connectivity index (χ2n) is 8.41. The lowest BCUT2D eigenvalue weighted by Crippen LogP contribution is -2.20. The van der Waals surface area contributed by atoms with Crippen molar-refractivity contribution in [1.29, 1.82) is 0 Å². The molecule has 0 bridgehead atoms. The van der Waals surface area contributed by atoms with Gasteiger partial charge in [-0.15, -0.1) is 0 Å². The van der Waals surface area contributed by atoms with E-state index in [1.807, 2.05) is 38.1 Å². The van der Waals surface area contributed by atoms with Crippen molar-refractivity contribution in [3.8, 4) is 11.3 Å². The molecular formula is C24H23F2N5OS. The van der Waals surface area contributed by atoms with E-state index in [2.05, 4.69) is 9.97 Å². The molecule has 170 valence electrons. The predicted octanol–water partition coefficient (Wildman–Crippen LogP) is 5.44. The number of pyridine rings is 1. The maximum atomic E-state index is 14.8. The quantitative estimate of drug-likeness (QED) is 0.398. The molecule has 0 saturated carbocycles. The number of thiazole rings is 1. The van der Waals surface area contributed by atoms with E-state index in [0.29, 0.717) is 34.9 Å². The third-order valence-electron chi connectivity index (χ3n) is 5.77. The minimum absolute atomic E-state index is 0.0217. The molecule has 6 nitrogen and oxygen atoms in total. The predicted molar refractivity (Wildman–Crippen MR) is 125 cm³/mol. The van der Waals surface area contributed by atoms with E-state index in [9.17, 15) is 8.78 Å². The smallest absolute Gasteiger partial charge is 0.187 e. The first kappa shape index (κ1) is 21.8. The van der Waals surface area contributed by atoms with Gasteiger partial charge in [-0.3, -0.25) is 4.98 Å². The number of hydrogen-bond acceptors (Lipinski definition) is 7. The van der Waals surface area contributed by atoms with Crippen LogP contribution in [0.15, 0.2) is 36.5 Å². The van der Waals surface area contributed by atoms with E-state index in [4.69, 9.17) is 14.7 Å². The Kier molecular flexibility index (Phi) is 5.76. The summed E-state index contributed by atoms with van der Waals surface area (Å²) >= 11 is 1.39. The average molecular weight is 468 g/mol. The van der Waals surface area contributed by atoms with Crippen LogP contribution in [-0.2, 0) is 4.74 Å². The topological polar surface area (TPSA) is 64.0 Å². The highest BCUT2D eigenvalue weighted by Crippen LogP contribution is 2.40. The molecule has 1 aliphatic heterocycles. The number of fused-ring (bicyclic) bond motifs is 1. The zero-order chi connectivity index (χ0) is 23.1. The Morgan fingerprint density at radius 2 is 1.94 bits per heavy atom. The molecule has 0 unspecified atom stereocenters. The Hall–Kier alpha value is -3.04. The molecular weight excluding hydrogens is 444 g/mol. The third kappa shape index (κ3) is 4.30. The van der Waals surface area contributed by atoms with E-state index < -0.39 is 11.6 Å². The van der Waals surface area contributed by atoms with Gasteiger partial charge in [0.05, 0.1) is 11.8 Å². The number of rotatable bonds is 4. The SMILES string of the molecule is Cc1cc([C@@H]2C[C@@H](c3nc(-c4ccc(F)cc4F)c4sc(N(C)C)nc4n3)CCO2)ccn1. The van der Waals surface area contributed by atoms with E-state index in [0.717, 1.165) is 28.9 Å². The van der Waals surface area contributed by atoms with Gasteiger partial charge >= 0.3 is 0 Å². The van der Waals surface area contributed by atoms with Gasteiger partial charge in [0.2, 0.25) is 0 Å². The largest absolute Gasteiger partial charge is 0.373 e. The molecule has 3 aromatic heterocycles. The summed E-state index contributed by atoms with van der Waals surface area (Å²) in [6, 6.07) is 7.55. The first-order valence-electron chi connectivity index (χ1n) is 10.7. The lowest BCUT2D eigenvalue weighted by Gasteiger charge is -2.29. The van der Waals surface area contributed by atoms with Crippen LogP contribution in [0.1, 0.15) is 41.9 Å². The number of halogens is 2. The van der Waals surface area contributed by atoms with Crippen molar-refractivity contribution < 1.29 is 13.5 Å². The maximum Gasteiger partial charge on any atom is 0.187 e. The third-order valence-corrected chi connectivity index (χ3v) is 6.99. The number of anilines is 1. The molecule has 0 N–H and O–H groups in total. The lowest BCUT2D eigenvalue weighted by molar-refractivity contribution is 0.00394. The van der Waals surface area contributed by atoms with Gasteiger partial charge in [0.25, 0.3) is 0 Å². The number of ether oxygens (including phenoxy) is 1. The van der Waals surface area contributed by atoms with Crippen molar-refractivity contribution in [1.82, 2.24) is 19.9 Å². The lowest BCUT2D eigenvalue weighted by atomic mass is 9.91. The Bertz CT molecular complexity index is 1330. The summed E-state index contributed by atoms with van der Waals surface area (Å²) in [5, 5.41) is 0.748. The number of nitrogens with zero attached hydrogens (tertiary/aromatic N) is 5. The Balaban J connectivity index is 1.59. The van der Waals surface area contributed by atoms with E-state index in [-0.39, 0.29) is 17.6 Å². The molecule has 0 amide bonds. The molecule has 0 spiro atoms. The van der Waals surface area contributed by atoms with Crippen LogP contribution in [0.4, 0.5) is 13.9 Å². The van der Waals surface area contributed by atoms with Gasteiger partial charge in [-0.1, -0.05) is 11.3 Å². The highest BCUT2D eigenvalue weighted by atomic mass is 32.1. The molecule has 1 fully saturated rings. The van der Waals surface area contributed by atoms with Crippen LogP contribution in [0.25, 0.3) is 21.6 Å². The van der Waals surface area contributed by atoms with Crippen LogP contribution >= 0.6 is 11.3 Å². The standard InChI is InChI=1S/C24H23F2N5OS/c1-13-10-14(6-8-27-13)19-11-15(7-9-32-19)22-28-20(17-5-4-16(25)12-18(17)26)21-23(29-22)30-24(33-21)31(2)3/h4-6,8,10,12,15,19H,7,9,11H2,1-3H3/t15-,19-/m0/s1. The van der Waals surface area contributed by atoms with Crippen LogP contribution in [0.3, 0.4) is 0 Å². The zero-order valence-electron chi connectivity index (χ0n) is 18.5. The Labute approximate surface area is 194 Å². The fourth-order valence-corrected chi connectivity index (χ4v) is 5.03. The number of hydrogen-bond donors (Lipinski definition) is 0. The maximum absolute atomic E-state index is 14.8. The molecule has 4 aromatic rings. The number of aryl methyl sites for hydroxylation is 1. The highest BCUT2D eigenvalue weighted by molar-refractivity contribution is 7.22. The fourth-order valence-electron chi connectivity index (χ4n) is 4.10. The molecule has 5 rings (SSSR count). The van der Waals surface area contributed by atoms with Crippen molar-refractivity contribution in [2.24, 2.45) is 0 Å². The van der Waals surface area contributed by atoms with Crippen molar-refractivity contribution >= 4 is 26.8 Å². The molecule has 0 aliphatic carbocycles. The molecule has 9 heteroatoms. The molecule has 1 aromatic carbocycles.